The molecule has 3 aromatic rings. The molecule has 15 nitrogen and oxygen atoms in total. The highest BCUT2D eigenvalue weighted by atomic mass is 16.5. The topological polar surface area (TPSA) is 189 Å². The van der Waals surface area contributed by atoms with Crippen molar-refractivity contribution in [3.8, 4) is 0 Å². The number of nitrogens with one attached hydrogen (secondary N) is 3. The molecule has 0 saturated carbocycles. The highest BCUT2D eigenvalue weighted by Gasteiger charge is 2.43. The van der Waals surface area contributed by atoms with E-state index in [1.54, 1.807) is 49.2 Å². The fraction of sp³-hybridized carbons (Fsp3) is 0.592. The molecule has 1 aliphatic heterocycles. The number of methoxy groups -OCH3 is 2. The van der Waals surface area contributed by atoms with Gasteiger partial charge >= 0.3 is 0 Å². The number of carbonyl (C=O) groups excluding carboxylic acids is 5. The normalized spacial score (nSPS) is 17.9. The lowest BCUT2D eigenvalue weighted by Gasteiger charge is -2.41. The van der Waals surface area contributed by atoms with Crippen LogP contribution in [0.3, 0.4) is 0 Å². The Bertz CT molecular complexity index is 2020. The van der Waals surface area contributed by atoms with Crippen LogP contribution in [-0.2, 0) is 39.9 Å². The number of benzene rings is 2. The van der Waals surface area contributed by atoms with Crippen molar-refractivity contribution in [3.05, 3.63) is 66.4 Å². The Hall–Kier alpha value is -5.12. The van der Waals surface area contributed by atoms with Gasteiger partial charge in [0.15, 0.2) is 0 Å². The number of hydrogen-bond donors (Lipinski definition) is 4. The number of fused-ring (bicyclic) bond motifs is 1. The summed E-state index contributed by atoms with van der Waals surface area (Å²) in [6, 6.07) is 13.5. The zero-order valence-corrected chi connectivity index (χ0v) is 40.1. The number of anilines is 2. The van der Waals surface area contributed by atoms with Crippen molar-refractivity contribution in [2.45, 2.75) is 123 Å². The number of rotatable bonds is 22. The maximum absolute atomic E-state index is 14.4. The molecule has 0 aliphatic carbocycles. The molecule has 1 saturated heterocycles. The van der Waals surface area contributed by atoms with Crippen LogP contribution in [0.1, 0.15) is 79.7 Å². The Morgan fingerprint density at radius 3 is 2.14 bits per heavy atom. The summed E-state index contributed by atoms with van der Waals surface area (Å²) < 4.78 is 12.1. The van der Waals surface area contributed by atoms with E-state index in [0.29, 0.717) is 37.2 Å². The first-order valence-electron chi connectivity index (χ1n) is 22.7. The third-order valence-electron chi connectivity index (χ3n) is 12.9. The molecule has 2 heterocycles. The van der Waals surface area contributed by atoms with E-state index in [1.807, 2.05) is 103 Å². The van der Waals surface area contributed by atoms with Crippen LogP contribution in [0.4, 0.5) is 11.4 Å². The maximum atomic E-state index is 14.4. The second kappa shape index (κ2) is 23.7. The predicted molar refractivity (Wildman–Crippen MR) is 252 cm³/mol. The summed E-state index contributed by atoms with van der Waals surface area (Å²) in [6.45, 7) is 14.1. The van der Waals surface area contributed by atoms with Crippen LogP contribution in [-0.4, -0.2) is 134 Å². The van der Waals surface area contributed by atoms with E-state index >= 15 is 0 Å². The first kappa shape index (κ1) is 51.5. The van der Waals surface area contributed by atoms with E-state index in [9.17, 15) is 24.0 Å². The monoisotopic (exact) mass is 887 g/mol. The van der Waals surface area contributed by atoms with Crippen molar-refractivity contribution in [1.82, 2.24) is 30.3 Å². The molecule has 0 radical (unpaired) electrons. The van der Waals surface area contributed by atoms with Gasteiger partial charge in [-0.05, 0) is 74.5 Å². The average Bonchev–Trinajstić information content (AvgIpc) is 3.74. The van der Waals surface area contributed by atoms with Gasteiger partial charge in [-0.3, -0.25) is 33.9 Å². The van der Waals surface area contributed by atoms with Crippen LogP contribution in [0.25, 0.3) is 10.9 Å². The van der Waals surface area contributed by atoms with E-state index < -0.39 is 60.1 Å². The van der Waals surface area contributed by atoms with E-state index in [4.69, 9.17) is 15.2 Å². The standard InChI is InChI=1S/C49H74N8O7/c1-13-31(6)44(56(10)49(62)42(29(2)3)54-48(61)43(30(4)5)55(8)9)40(63-11)27-41(58)57-24-16-19-39(57)45(64-12)32(7)46(59)53-38(25-33-20-22-35(50)23-21-33)47(60)52-36-26-34-17-14-15-18-37(34)51-28-36/h14-15,17-18,20-23,26,28-32,38-40,42-45H,13,16,19,24-25,27,50H2,1-12H3,(H,52,60)(H,53,59)(H,54,61)/t31-,32+,38?,39-,40+,42?,43-,44?,45+/m0/s1. The summed E-state index contributed by atoms with van der Waals surface area (Å²) in [7, 11) is 8.51. The molecule has 3 unspecified atom stereocenters. The second-order valence-electron chi connectivity index (χ2n) is 18.4. The quantitative estimate of drug-likeness (QED) is 0.0986. The van der Waals surface area contributed by atoms with Gasteiger partial charge in [0.2, 0.25) is 29.5 Å². The lowest BCUT2D eigenvalue weighted by Crippen LogP contribution is -2.59. The summed E-state index contributed by atoms with van der Waals surface area (Å²) in [5.41, 5.74) is 8.62. The molecule has 5 N–H and O–H groups in total. The SMILES string of the molecule is CC[C@H](C)C([C@@H](CC(=O)N1CCC[C@H]1[C@H](OC)[C@@H](C)C(=O)NC(Cc1ccc(N)cc1)C(=O)Nc1cnc2ccccc2c1)OC)N(C)C(=O)C(NC(=O)[C@H](C(C)C)N(C)C)C(C)C. The molecule has 5 amide bonds. The fourth-order valence-electron chi connectivity index (χ4n) is 9.18. The van der Waals surface area contributed by atoms with Crippen LogP contribution < -0.4 is 21.7 Å². The summed E-state index contributed by atoms with van der Waals surface area (Å²) in [5, 5.41) is 9.84. The zero-order chi connectivity index (χ0) is 47.4. The molecular weight excluding hydrogens is 813 g/mol. The van der Waals surface area contributed by atoms with Crippen LogP contribution >= 0.6 is 0 Å². The van der Waals surface area contributed by atoms with Crippen LogP contribution in [0.5, 0.6) is 0 Å². The number of nitrogens with two attached hydrogens (primary N) is 1. The average molecular weight is 887 g/mol. The molecule has 1 aliphatic rings. The molecule has 64 heavy (non-hydrogen) atoms. The number of aromatic nitrogens is 1. The number of hydrogen-bond acceptors (Lipinski definition) is 10. The van der Waals surface area contributed by atoms with Crippen molar-refractivity contribution in [1.29, 1.82) is 0 Å². The number of carbonyl (C=O) groups is 5. The Morgan fingerprint density at radius 2 is 1.55 bits per heavy atom. The predicted octanol–water partition coefficient (Wildman–Crippen LogP) is 5.13. The summed E-state index contributed by atoms with van der Waals surface area (Å²) in [5.74, 6) is -2.44. The van der Waals surface area contributed by atoms with E-state index in [1.165, 1.54) is 7.11 Å². The number of likely N-dealkylation sites (N-methyl/N-ethyl adjacent to an activating group) is 2. The summed E-state index contributed by atoms with van der Waals surface area (Å²) in [6.07, 6.45) is 2.43. The van der Waals surface area contributed by atoms with Crippen LogP contribution in [0, 0.1) is 23.7 Å². The molecule has 352 valence electrons. The van der Waals surface area contributed by atoms with Crippen LogP contribution in [0.15, 0.2) is 60.8 Å². The van der Waals surface area contributed by atoms with Crippen molar-refractivity contribution in [2.75, 3.05) is 53.0 Å². The molecular formula is C49H74N8O7. The van der Waals surface area contributed by atoms with Gasteiger partial charge in [0.1, 0.15) is 12.1 Å². The van der Waals surface area contributed by atoms with Gasteiger partial charge in [-0.2, -0.15) is 0 Å². The summed E-state index contributed by atoms with van der Waals surface area (Å²) >= 11 is 0. The van der Waals surface area contributed by atoms with E-state index in [0.717, 1.165) is 16.5 Å². The molecule has 1 aromatic heterocycles. The van der Waals surface area contributed by atoms with Gasteiger partial charge in [0.05, 0.1) is 60.1 Å². The second-order valence-corrected chi connectivity index (χ2v) is 18.4. The Labute approximate surface area is 380 Å². The summed E-state index contributed by atoms with van der Waals surface area (Å²) in [4.78, 5) is 80.2. The molecule has 2 aromatic carbocycles. The molecule has 9 atom stereocenters. The van der Waals surface area contributed by atoms with Crippen molar-refractivity contribution in [3.63, 3.8) is 0 Å². The molecule has 0 bridgehead atoms. The number of nitrogen functional groups attached to an aromatic ring is 1. The fourth-order valence-corrected chi connectivity index (χ4v) is 9.18. The first-order chi connectivity index (χ1) is 30.3. The number of pyridine rings is 1. The number of amides is 5. The minimum absolute atomic E-state index is 0.0150. The smallest absolute Gasteiger partial charge is 0.247 e. The Morgan fingerprint density at radius 1 is 0.875 bits per heavy atom. The molecule has 4 rings (SSSR count). The first-order valence-corrected chi connectivity index (χ1v) is 22.7. The van der Waals surface area contributed by atoms with Gasteiger partial charge < -0.3 is 41.0 Å². The highest BCUT2D eigenvalue weighted by Crippen LogP contribution is 2.30. The van der Waals surface area contributed by atoms with Gasteiger partial charge in [0.25, 0.3) is 0 Å². The van der Waals surface area contributed by atoms with E-state index in [-0.39, 0.29) is 48.3 Å². The number of para-hydroxylation sites is 1. The Balaban J connectivity index is 1.52. The minimum atomic E-state index is -0.961. The lowest BCUT2D eigenvalue weighted by molar-refractivity contribution is -0.148. The minimum Gasteiger partial charge on any atom is -0.399 e. The number of ether oxygens (including phenoxy) is 2. The van der Waals surface area contributed by atoms with E-state index in [2.05, 4.69) is 20.9 Å². The third kappa shape index (κ3) is 13.0. The highest BCUT2D eigenvalue weighted by molar-refractivity contribution is 5.99. The maximum Gasteiger partial charge on any atom is 0.247 e. The Kier molecular flexibility index (Phi) is 19.1. The van der Waals surface area contributed by atoms with Gasteiger partial charge in [0, 0.05) is 45.3 Å². The number of likely N-dealkylation sites (tertiary alicyclic amines) is 1. The van der Waals surface area contributed by atoms with Gasteiger partial charge in [-0.1, -0.05) is 85.2 Å². The largest absolute Gasteiger partial charge is 0.399 e. The van der Waals surface area contributed by atoms with Gasteiger partial charge in [-0.25, -0.2) is 0 Å². The molecule has 1 fully saturated rings. The zero-order valence-electron chi connectivity index (χ0n) is 40.1. The number of nitrogens with zero attached hydrogens (tertiary/aromatic N) is 4. The third-order valence-corrected chi connectivity index (χ3v) is 12.9. The van der Waals surface area contributed by atoms with Crippen molar-refractivity contribution >= 4 is 51.8 Å². The molecule has 15 heteroatoms. The van der Waals surface area contributed by atoms with Crippen molar-refractivity contribution < 1.29 is 33.4 Å². The molecule has 0 spiro atoms. The van der Waals surface area contributed by atoms with Crippen molar-refractivity contribution in [2.24, 2.45) is 23.7 Å². The lowest BCUT2D eigenvalue weighted by atomic mass is 9.89. The van der Waals surface area contributed by atoms with Gasteiger partial charge in [-0.15, -0.1) is 0 Å². The van der Waals surface area contributed by atoms with Crippen LogP contribution in [0.2, 0.25) is 0 Å².